The van der Waals surface area contributed by atoms with E-state index in [0.717, 1.165) is 39.0 Å². The molecule has 0 radical (unpaired) electrons. The molecular weight excluding hydrogens is 512 g/mol. The largest absolute Gasteiger partial charge is 0.491 e. The van der Waals surface area contributed by atoms with Gasteiger partial charge in [-0.15, -0.1) is 0 Å². The van der Waals surface area contributed by atoms with Crippen LogP contribution < -0.4 is 4.74 Å². The van der Waals surface area contributed by atoms with Gasteiger partial charge in [-0.3, -0.25) is 4.18 Å². The number of rotatable bonds is 9. The first kappa shape index (κ1) is 21.4. The van der Waals surface area contributed by atoms with Crippen LogP contribution in [0.3, 0.4) is 0 Å². The van der Waals surface area contributed by atoms with Crippen molar-refractivity contribution in [2.75, 3.05) is 18.2 Å². The van der Waals surface area contributed by atoms with Crippen molar-refractivity contribution in [3.05, 3.63) is 53.2 Å². The van der Waals surface area contributed by atoms with E-state index in [1.165, 1.54) is 0 Å². The van der Waals surface area contributed by atoms with Gasteiger partial charge in [0.25, 0.3) is 10.1 Å². The molecule has 0 aliphatic rings. The second-order valence-corrected chi connectivity index (χ2v) is 9.69. The summed E-state index contributed by atoms with van der Waals surface area (Å²) in [4.78, 5) is 0. The number of benzene rings is 2. The SMILES string of the molecule is CS(=O)(=O)OC(CCCBr)COc1ccc2c(-c3ccc(Br)cc3)coc2c1. The maximum Gasteiger partial charge on any atom is 0.264 e. The number of hydrogen-bond acceptors (Lipinski definition) is 5. The highest BCUT2D eigenvalue weighted by molar-refractivity contribution is 9.10. The van der Waals surface area contributed by atoms with Crippen LogP contribution in [0.15, 0.2) is 57.6 Å². The Morgan fingerprint density at radius 1 is 1.14 bits per heavy atom. The van der Waals surface area contributed by atoms with E-state index in [-0.39, 0.29) is 6.61 Å². The Bertz CT molecular complexity index is 1030. The topological polar surface area (TPSA) is 65.7 Å². The predicted molar refractivity (Wildman–Crippen MR) is 118 cm³/mol. The summed E-state index contributed by atoms with van der Waals surface area (Å²) in [5.41, 5.74) is 2.77. The first-order chi connectivity index (χ1) is 13.4. The molecule has 0 spiro atoms. The fourth-order valence-electron chi connectivity index (χ4n) is 2.85. The van der Waals surface area contributed by atoms with Crippen molar-refractivity contribution in [2.45, 2.75) is 18.9 Å². The van der Waals surface area contributed by atoms with Gasteiger partial charge in [0, 0.05) is 26.8 Å². The molecule has 8 heteroatoms. The van der Waals surface area contributed by atoms with E-state index < -0.39 is 16.2 Å². The van der Waals surface area contributed by atoms with Crippen molar-refractivity contribution in [3.8, 4) is 16.9 Å². The number of fused-ring (bicyclic) bond motifs is 1. The molecule has 1 aromatic heterocycles. The van der Waals surface area contributed by atoms with Gasteiger partial charge in [0.05, 0.1) is 12.5 Å². The molecule has 1 heterocycles. The highest BCUT2D eigenvalue weighted by Gasteiger charge is 2.17. The summed E-state index contributed by atoms with van der Waals surface area (Å²) in [6.07, 6.45) is 3.61. The van der Waals surface area contributed by atoms with Crippen LogP contribution in [-0.4, -0.2) is 32.7 Å². The van der Waals surface area contributed by atoms with Crippen molar-refractivity contribution in [2.24, 2.45) is 0 Å². The van der Waals surface area contributed by atoms with Crippen molar-refractivity contribution in [1.82, 2.24) is 0 Å². The van der Waals surface area contributed by atoms with Crippen LogP contribution in [-0.2, 0) is 14.3 Å². The Morgan fingerprint density at radius 3 is 2.57 bits per heavy atom. The maximum absolute atomic E-state index is 11.4. The van der Waals surface area contributed by atoms with Gasteiger partial charge in [0.2, 0.25) is 0 Å². The van der Waals surface area contributed by atoms with Gasteiger partial charge >= 0.3 is 0 Å². The zero-order valence-electron chi connectivity index (χ0n) is 15.2. The third kappa shape index (κ3) is 5.83. The van der Waals surface area contributed by atoms with Crippen LogP contribution in [0.4, 0.5) is 0 Å². The minimum Gasteiger partial charge on any atom is -0.491 e. The van der Waals surface area contributed by atoms with Crippen molar-refractivity contribution in [3.63, 3.8) is 0 Å². The minimum absolute atomic E-state index is 0.145. The highest BCUT2D eigenvalue weighted by Crippen LogP contribution is 2.33. The smallest absolute Gasteiger partial charge is 0.264 e. The molecule has 150 valence electrons. The van der Waals surface area contributed by atoms with Gasteiger partial charge in [0.1, 0.15) is 24.0 Å². The second kappa shape index (κ2) is 9.43. The summed E-state index contributed by atoms with van der Waals surface area (Å²) in [6, 6.07) is 13.6. The average molecular weight is 532 g/mol. The van der Waals surface area contributed by atoms with Gasteiger partial charge in [-0.25, -0.2) is 0 Å². The molecule has 0 amide bonds. The van der Waals surface area contributed by atoms with Crippen molar-refractivity contribution >= 4 is 52.9 Å². The first-order valence-corrected chi connectivity index (χ1v) is 12.4. The van der Waals surface area contributed by atoms with E-state index >= 15 is 0 Å². The average Bonchev–Trinajstić information content (AvgIpc) is 3.07. The van der Waals surface area contributed by atoms with E-state index in [1.54, 1.807) is 12.3 Å². The summed E-state index contributed by atoms with van der Waals surface area (Å²) < 4.78 is 40.5. The lowest BCUT2D eigenvalue weighted by Crippen LogP contribution is -2.25. The number of halogens is 2. The zero-order valence-corrected chi connectivity index (χ0v) is 19.2. The molecule has 0 aliphatic carbocycles. The number of alkyl halides is 1. The third-order valence-electron chi connectivity index (χ3n) is 4.11. The number of furan rings is 1. The molecule has 28 heavy (non-hydrogen) atoms. The van der Waals surface area contributed by atoms with E-state index in [0.29, 0.717) is 17.8 Å². The molecule has 0 aliphatic heterocycles. The summed E-state index contributed by atoms with van der Waals surface area (Å²) in [7, 11) is -3.54. The third-order valence-corrected chi connectivity index (χ3v) is 5.82. The standard InChI is InChI=1S/C20H20Br2O5S/c1-28(23,24)27-17(3-2-10-21)12-25-16-8-9-18-19(13-26-20(18)11-16)14-4-6-15(22)7-5-14/h4-9,11,13,17H,2-3,10,12H2,1H3. The quantitative estimate of drug-likeness (QED) is 0.259. The monoisotopic (exact) mass is 530 g/mol. The van der Waals surface area contributed by atoms with Gasteiger partial charge in [0.15, 0.2) is 0 Å². The number of ether oxygens (including phenoxy) is 1. The molecule has 5 nitrogen and oxygen atoms in total. The summed E-state index contributed by atoms with van der Waals surface area (Å²) in [5, 5.41) is 1.76. The lowest BCUT2D eigenvalue weighted by Gasteiger charge is -2.16. The second-order valence-electron chi connectivity index (χ2n) is 6.38. The summed E-state index contributed by atoms with van der Waals surface area (Å²) in [5.74, 6) is 0.602. The van der Waals surface area contributed by atoms with E-state index in [1.807, 2.05) is 36.4 Å². The molecule has 1 unspecified atom stereocenters. The maximum atomic E-state index is 11.4. The Labute approximate surface area is 181 Å². The van der Waals surface area contributed by atoms with Crippen LogP contribution >= 0.6 is 31.9 Å². The molecule has 0 saturated carbocycles. The molecule has 0 N–H and O–H groups in total. The van der Waals surface area contributed by atoms with Crippen LogP contribution in [0.5, 0.6) is 5.75 Å². The molecule has 0 bridgehead atoms. The van der Waals surface area contributed by atoms with Crippen LogP contribution in [0.2, 0.25) is 0 Å². The normalized spacial score (nSPS) is 13.0. The molecule has 3 rings (SSSR count). The fourth-order valence-corrected chi connectivity index (χ4v) is 4.09. The lowest BCUT2D eigenvalue weighted by molar-refractivity contribution is 0.127. The molecule has 0 saturated heterocycles. The molecule has 0 fully saturated rings. The van der Waals surface area contributed by atoms with Gasteiger partial charge in [-0.05, 0) is 42.7 Å². The van der Waals surface area contributed by atoms with E-state index in [9.17, 15) is 8.42 Å². The molecule has 1 atom stereocenters. The van der Waals surface area contributed by atoms with Crippen LogP contribution in [0.1, 0.15) is 12.8 Å². The number of hydrogen-bond donors (Lipinski definition) is 0. The Kier molecular flexibility index (Phi) is 7.20. The fraction of sp³-hybridized carbons (Fsp3) is 0.300. The molecular formula is C20H20Br2O5S. The van der Waals surface area contributed by atoms with Gasteiger partial charge in [-0.2, -0.15) is 8.42 Å². The minimum atomic E-state index is -3.54. The van der Waals surface area contributed by atoms with Crippen molar-refractivity contribution in [1.29, 1.82) is 0 Å². The van der Waals surface area contributed by atoms with Gasteiger partial charge in [-0.1, -0.05) is 44.0 Å². The molecule has 3 aromatic rings. The molecule has 2 aromatic carbocycles. The van der Waals surface area contributed by atoms with Gasteiger partial charge < -0.3 is 9.15 Å². The Morgan fingerprint density at radius 2 is 1.89 bits per heavy atom. The van der Waals surface area contributed by atoms with Crippen LogP contribution in [0.25, 0.3) is 22.1 Å². The Balaban J connectivity index is 1.74. The lowest BCUT2D eigenvalue weighted by atomic mass is 10.1. The Hall–Kier alpha value is -1.35. The zero-order chi connectivity index (χ0) is 20.1. The predicted octanol–water partition coefficient (Wildman–Crippen LogP) is 5.76. The summed E-state index contributed by atoms with van der Waals surface area (Å²) in [6.45, 7) is 0.145. The van der Waals surface area contributed by atoms with Crippen molar-refractivity contribution < 1.29 is 21.8 Å². The van der Waals surface area contributed by atoms with Crippen LogP contribution in [0, 0.1) is 0 Å². The van der Waals surface area contributed by atoms with E-state index in [2.05, 4.69) is 31.9 Å². The highest BCUT2D eigenvalue weighted by atomic mass is 79.9. The summed E-state index contributed by atoms with van der Waals surface area (Å²) >= 11 is 6.79. The van der Waals surface area contributed by atoms with E-state index in [4.69, 9.17) is 13.3 Å². The first-order valence-electron chi connectivity index (χ1n) is 8.70.